The molecule has 0 aliphatic heterocycles. The standard InChI is InChI=1S/C21H25N3O4/c1-14(2)28-18-10-7-16(11-19(18)27-4)13-22-24-21(26)12-20(25)23-17-8-5-15(3)6-9-17/h5-11,13-14H,12H2,1-4H3,(H,23,25)(H,24,26). The summed E-state index contributed by atoms with van der Waals surface area (Å²) in [5, 5.41) is 6.54. The van der Waals surface area contributed by atoms with Crippen molar-refractivity contribution >= 4 is 23.7 Å². The summed E-state index contributed by atoms with van der Waals surface area (Å²) >= 11 is 0. The van der Waals surface area contributed by atoms with Gasteiger partial charge in [0.05, 0.1) is 19.4 Å². The molecule has 2 N–H and O–H groups in total. The minimum atomic E-state index is -0.507. The fourth-order valence-corrected chi connectivity index (χ4v) is 2.32. The van der Waals surface area contributed by atoms with Crippen molar-refractivity contribution < 1.29 is 19.1 Å². The Morgan fingerprint density at radius 3 is 2.43 bits per heavy atom. The van der Waals surface area contributed by atoms with Gasteiger partial charge in [-0.3, -0.25) is 9.59 Å². The summed E-state index contributed by atoms with van der Waals surface area (Å²) in [6.45, 7) is 5.82. The van der Waals surface area contributed by atoms with Crippen LogP contribution in [-0.2, 0) is 9.59 Å². The lowest BCUT2D eigenvalue weighted by Gasteiger charge is -2.13. The number of nitrogens with zero attached hydrogens (tertiary/aromatic N) is 1. The Morgan fingerprint density at radius 1 is 1.07 bits per heavy atom. The predicted molar refractivity (Wildman–Crippen MR) is 109 cm³/mol. The lowest BCUT2D eigenvalue weighted by atomic mass is 10.2. The molecule has 0 saturated carbocycles. The number of carbonyl (C=O) groups is 2. The lowest BCUT2D eigenvalue weighted by molar-refractivity contribution is -0.126. The van der Waals surface area contributed by atoms with E-state index in [0.717, 1.165) is 11.1 Å². The first-order valence-electron chi connectivity index (χ1n) is 8.90. The summed E-state index contributed by atoms with van der Waals surface area (Å²) in [4.78, 5) is 23.8. The highest BCUT2D eigenvalue weighted by Crippen LogP contribution is 2.28. The van der Waals surface area contributed by atoms with Gasteiger partial charge in [0.25, 0.3) is 0 Å². The maximum absolute atomic E-state index is 11.9. The van der Waals surface area contributed by atoms with Crippen molar-refractivity contribution in [1.82, 2.24) is 5.43 Å². The quantitative estimate of drug-likeness (QED) is 0.416. The van der Waals surface area contributed by atoms with Crippen molar-refractivity contribution in [1.29, 1.82) is 0 Å². The lowest BCUT2D eigenvalue weighted by Crippen LogP contribution is -2.24. The number of ether oxygens (including phenoxy) is 2. The van der Waals surface area contributed by atoms with E-state index in [2.05, 4.69) is 15.8 Å². The minimum absolute atomic E-state index is 0.0266. The molecule has 0 aliphatic rings. The second-order valence-corrected chi connectivity index (χ2v) is 6.46. The molecule has 0 radical (unpaired) electrons. The van der Waals surface area contributed by atoms with Crippen LogP contribution in [0.15, 0.2) is 47.6 Å². The van der Waals surface area contributed by atoms with Crippen molar-refractivity contribution in [2.75, 3.05) is 12.4 Å². The van der Waals surface area contributed by atoms with Gasteiger partial charge in [-0.1, -0.05) is 17.7 Å². The van der Waals surface area contributed by atoms with Crippen LogP contribution in [0.2, 0.25) is 0 Å². The number of hydrogen-bond donors (Lipinski definition) is 2. The van der Waals surface area contributed by atoms with E-state index >= 15 is 0 Å². The molecule has 7 heteroatoms. The molecule has 2 amide bonds. The molecule has 0 aromatic heterocycles. The van der Waals surface area contributed by atoms with Gasteiger partial charge in [-0.05, 0) is 56.7 Å². The molecule has 0 saturated heterocycles. The molecule has 0 fully saturated rings. The van der Waals surface area contributed by atoms with Gasteiger partial charge in [-0.25, -0.2) is 5.43 Å². The molecular weight excluding hydrogens is 358 g/mol. The first-order chi connectivity index (χ1) is 13.4. The Morgan fingerprint density at radius 2 is 1.79 bits per heavy atom. The maximum atomic E-state index is 11.9. The first kappa shape index (κ1) is 21.0. The van der Waals surface area contributed by atoms with E-state index in [9.17, 15) is 9.59 Å². The van der Waals surface area contributed by atoms with E-state index in [0.29, 0.717) is 17.2 Å². The van der Waals surface area contributed by atoms with Gasteiger partial charge in [0.15, 0.2) is 11.5 Å². The third-order valence-electron chi connectivity index (χ3n) is 3.61. The van der Waals surface area contributed by atoms with Crippen LogP contribution in [0.4, 0.5) is 5.69 Å². The monoisotopic (exact) mass is 383 g/mol. The van der Waals surface area contributed by atoms with Crippen molar-refractivity contribution in [3.63, 3.8) is 0 Å². The van der Waals surface area contributed by atoms with E-state index in [1.54, 1.807) is 37.4 Å². The average molecular weight is 383 g/mol. The normalized spacial score (nSPS) is 10.8. The van der Waals surface area contributed by atoms with Gasteiger partial charge < -0.3 is 14.8 Å². The Hall–Kier alpha value is -3.35. The topological polar surface area (TPSA) is 89.0 Å². The van der Waals surface area contributed by atoms with Gasteiger partial charge in [-0.2, -0.15) is 5.10 Å². The third-order valence-corrected chi connectivity index (χ3v) is 3.61. The number of aryl methyl sites for hydroxylation is 1. The first-order valence-corrected chi connectivity index (χ1v) is 8.90. The molecule has 148 valence electrons. The molecule has 2 rings (SSSR count). The number of nitrogens with one attached hydrogen (secondary N) is 2. The molecule has 0 atom stereocenters. The Bertz CT molecular complexity index is 845. The van der Waals surface area contributed by atoms with Crippen LogP contribution in [0, 0.1) is 6.92 Å². The van der Waals surface area contributed by atoms with Crippen LogP contribution in [0.25, 0.3) is 0 Å². The Kier molecular flexibility index (Phi) is 7.56. The summed E-state index contributed by atoms with van der Waals surface area (Å²) in [7, 11) is 1.55. The second-order valence-electron chi connectivity index (χ2n) is 6.46. The maximum Gasteiger partial charge on any atom is 0.249 e. The molecule has 7 nitrogen and oxygen atoms in total. The molecule has 0 aliphatic carbocycles. The summed E-state index contributed by atoms with van der Waals surface area (Å²) in [5.74, 6) is 0.286. The number of carbonyl (C=O) groups excluding carboxylic acids is 2. The van der Waals surface area contributed by atoms with Crippen molar-refractivity contribution in [3.8, 4) is 11.5 Å². The van der Waals surface area contributed by atoms with E-state index in [-0.39, 0.29) is 12.5 Å². The highest BCUT2D eigenvalue weighted by atomic mass is 16.5. The fourth-order valence-electron chi connectivity index (χ4n) is 2.32. The fraction of sp³-hybridized carbons (Fsp3) is 0.286. The van der Waals surface area contributed by atoms with Gasteiger partial charge in [0, 0.05) is 5.69 Å². The number of rotatable bonds is 8. The summed E-state index contributed by atoms with van der Waals surface area (Å²) in [6, 6.07) is 12.6. The highest BCUT2D eigenvalue weighted by molar-refractivity contribution is 6.03. The molecule has 0 spiro atoms. The third kappa shape index (κ3) is 6.75. The van der Waals surface area contributed by atoms with Crippen LogP contribution in [0.3, 0.4) is 0 Å². The Balaban J connectivity index is 1.86. The number of amides is 2. The largest absolute Gasteiger partial charge is 0.493 e. The smallest absolute Gasteiger partial charge is 0.249 e. The molecule has 28 heavy (non-hydrogen) atoms. The molecule has 0 unspecified atom stereocenters. The molecule has 2 aromatic carbocycles. The number of hydrogen-bond acceptors (Lipinski definition) is 5. The van der Waals surface area contributed by atoms with Crippen LogP contribution >= 0.6 is 0 Å². The van der Waals surface area contributed by atoms with Crippen molar-refractivity contribution in [2.24, 2.45) is 5.10 Å². The van der Waals surface area contributed by atoms with Crippen LogP contribution in [0.5, 0.6) is 11.5 Å². The number of hydrazone groups is 1. The van der Waals surface area contributed by atoms with Gasteiger partial charge in [-0.15, -0.1) is 0 Å². The van der Waals surface area contributed by atoms with E-state index in [1.807, 2.05) is 32.9 Å². The summed E-state index contributed by atoms with van der Waals surface area (Å²) in [5.41, 5.74) is 4.79. The zero-order chi connectivity index (χ0) is 20.5. The average Bonchev–Trinajstić information content (AvgIpc) is 2.64. The molecule has 2 aromatic rings. The number of benzene rings is 2. The van der Waals surface area contributed by atoms with E-state index < -0.39 is 11.8 Å². The predicted octanol–water partition coefficient (Wildman–Crippen LogP) is 3.27. The molecular formula is C21H25N3O4. The van der Waals surface area contributed by atoms with Crippen LogP contribution in [0.1, 0.15) is 31.4 Å². The minimum Gasteiger partial charge on any atom is -0.493 e. The second kappa shape index (κ2) is 10.1. The van der Waals surface area contributed by atoms with Gasteiger partial charge in [0.1, 0.15) is 6.42 Å². The van der Waals surface area contributed by atoms with Crippen LogP contribution < -0.4 is 20.2 Å². The van der Waals surface area contributed by atoms with Crippen LogP contribution in [-0.4, -0.2) is 31.2 Å². The molecule has 0 heterocycles. The van der Waals surface area contributed by atoms with Crippen molar-refractivity contribution in [2.45, 2.75) is 33.3 Å². The summed E-state index contributed by atoms with van der Waals surface area (Å²) in [6.07, 6.45) is 1.17. The number of anilines is 1. The van der Waals surface area contributed by atoms with E-state index in [4.69, 9.17) is 9.47 Å². The Labute approximate surface area is 164 Å². The van der Waals surface area contributed by atoms with Gasteiger partial charge >= 0.3 is 0 Å². The zero-order valence-electron chi connectivity index (χ0n) is 16.5. The van der Waals surface area contributed by atoms with E-state index in [1.165, 1.54) is 6.21 Å². The highest BCUT2D eigenvalue weighted by Gasteiger charge is 2.09. The SMILES string of the molecule is COc1cc(C=NNC(=O)CC(=O)Nc2ccc(C)cc2)ccc1OC(C)C. The van der Waals surface area contributed by atoms with Gasteiger partial charge in [0.2, 0.25) is 11.8 Å². The van der Waals surface area contributed by atoms with Crippen molar-refractivity contribution in [3.05, 3.63) is 53.6 Å². The number of methoxy groups -OCH3 is 1. The molecule has 0 bridgehead atoms. The zero-order valence-corrected chi connectivity index (χ0v) is 16.5. The summed E-state index contributed by atoms with van der Waals surface area (Å²) < 4.78 is 11.0.